The topological polar surface area (TPSA) is 48.5 Å². The molecule has 0 radical (unpaired) electrons. The largest absolute Gasteiger partial charge is 0.418 e. The number of carbonyl (C=O) groups is 1. The Labute approximate surface area is 180 Å². The van der Waals surface area contributed by atoms with E-state index in [-0.39, 0.29) is 5.69 Å². The first kappa shape index (κ1) is 20.7. The molecular weight excluding hydrogens is 437 g/mol. The van der Waals surface area contributed by atoms with Gasteiger partial charge in [0.15, 0.2) is 5.13 Å². The third-order valence-corrected chi connectivity index (χ3v) is 6.54. The van der Waals surface area contributed by atoms with Gasteiger partial charge in [0.2, 0.25) is 0 Å². The molecule has 158 valence electrons. The first-order valence-corrected chi connectivity index (χ1v) is 10.5. The van der Waals surface area contributed by atoms with Gasteiger partial charge < -0.3 is 15.1 Å². The number of anilines is 2. The molecule has 30 heavy (non-hydrogen) atoms. The highest BCUT2D eigenvalue weighted by atomic mass is 35.5. The smallest absolute Gasteiger partial charge is 0.345 e. The number of thiazole rings is 1. The van der Waals surface area contributed by atoms with Crippen molar-refractivity contribution in [3.63, 3.8) is 0 Å². The maximum absolute atomic E-state index is 13.1. The molecule has 1 aromatic heterocycles. The maximum Gasteiger partial charge on any atom is 0.418 e. The van der Waals surface area contributed by atoms with Crippen LogP contribution in [0, 0.1) is 6.92 Å². The van der Waals surface area contributed by atoms with E-state index < -0.39 is 17.8 Å². The van der Waals surface area contributed by atoms with E-state index in [1.165, 1.54) is 23.1 Å². The van der Waals surface area contributed by atoms with E-state index in [0.717, 1.165) is 27.0 Å². The lowest BCUT2D eigenvalue weighted by molar-refractivity contribution is -0.136. The molecule has 0 unspecified atom stereocenters. The molecule has 1 fully saturated rings. The van der Waals surface area contributed by atoms with Crippen LogP contribution >= 0.6 is 22.9 Å². The molecule has 0 atom stereocenters. The van der Waals surface area contributed by atoms with Crippen molar-refractivity contribution in [3.8, 4) is 0 Å². The second-order valence-electron chi connectivity index (χ2n) is 6.96. The molecule has 1 saturated heterocycles. The Hall–Kier alpha value is -2.52. The molecule has 0 aliphatic carbocycles. The van der Waals surface area contributed by atoms with Crippen LogP contribution in [0.5, 0.6) is 0 Å². The van der Waals surface area contributed by atoms with Gasteiger partial charge in [0.1, 0.15) is 0 Å². The van der Waals surface area contributed by atoms with Crippen molar-refractivity contribution >= 4 is 50.0 Å². The van der Waals surface area contributed by atoms with Crippen LogP contribution in [-0.4, -0.2) is 42.1 Å². The van der Waals surface area contributed by atoms with Gasteiger partial charge in [-0.25, -0.2) is 9.78 Å². The van der Waals surface area contributed by atoms with Crippen LogP contribution in [0.4, 0.5) is 28.8 Å². The van der Waals surface area contributed by atoms with Gasteiger partial charge in [-0.3, -0.25) is 0 Å². The minimum absolute atomic E-state index is 0.240. The standard InChI is InChI=1S/C20H18ClF3N4OS/c1-12-14(21)6-7-16-17(12)26-19(30-16)28-10-8-27(9-11-28)18(29)25-15-5-3-2-4-13(15)20(22,23)24/h2-7H,8-11H2,1H3,(H,25,29). The van der Waals surface area contributed by atoms with Gasteiger partial charge in [-0.15, -0.1) is 0 Å². The van der Waals surface area contributed by atoms with Crippen molar-refractivity contribution in [2.24, 2.45) is 0 Å². The van der Waals surface area contributed by atoms with Crippen LogP contribution in [0.3, 0.4) is 0 Å². The quantitative estimate of drug-likeness (QED) is 0.546. The van der Waals surface area contributed by atoms with Crippen LogP contribution in [0.1, 0.15) is 11.1 Å². The van der Waals surface area contributed by atoms with Crippen LogP contribution in [0.25, 0.3) is 10.2 Å². The number of carbonyl (C=O) groups excluding carboxylic acids is 1. The molecule has 10 heteroatoms. The first-order chi connectivity index (χ1) is 14.2. The highest BCUT2D eigenvalue weighted by Gasteiger charge is 2.34. The number of hydrogen-bond donors (Lipinski definition) is 1. The highest BCUT2D eigenvalue weighted by Crippen LogP contribution is 2.35. The van der Waals surface area contributed by atoms with Crippen molar-refractivity contribution in [1.29, 1.82) is 0 Å². The number of nitrogens with zero attached hydrogens (tertiary/aromatic N) is 3. The highest BCUT2D eigenvalue weighted by molar-refractivity contribution is 7.22. The predicted molar refractivity (Wildman–Crippen MR) is 114 cm³/mol. The molecular formula is C20H18ClF3N4OS. The van der Waals surface area contributed by atoms with E-state index in [1.54, 1.807) is 11.3 Å². The number of amides is 2. The van der Waals surface area contributed by atoms with E-state index in [9.17, 15) is 18.0 Å². The second kappa shape index (κ2) is 7.96. The molecule has 5 nitrogen and oxygen atoms in total. The molecule has 4 rings (SSSR count). The maximum atomic E-state index is 13.1. The Morgan fingerprint density at radius 1 is 1.13 bits per heavy atom. The van der Waals surface area contributed by atoms with Gasteiger partial charge in [-0.1, -0.05) is 35.1 Å². The lowest BCUT2D eigenvalue weighted by atomic mass is 10.1. The number of hydrogen-bond acceptors (Lipinski definition) is 4. The van der Waals surface area contributed by atoms with Crippen molar-refractivity contribution in [3.05, 3.63) is 52.5 Å². The Kier molecular flexibility index (Phi) is 5.50. The average molecular weight is 455 g/mol. The second-order valence-corrected chi connectivity index (χ2v) is 8.38. The lowest BCUT2D eigenvalue weighted by Gasteiger charge is -2.34. The third-order valence-electron chi connectivity index (χ3n) is 5.05. The number of benzene rings is 2. The van der Waals surface area contributed by atoms with E-state index >= 15 is 0 Å². The minimum atomic E-state index is -4.53. The number of alkyl halides is 3. The zero-order valence-electron chi connectivity index (χ0n) is 16.0. The van der Waals surface area contributed by atoms with Crippen LogP contribution in [0.2, 0.25) is 5.02 Å². The molecule has 1 N–H and O–H groups in total. The van der Waals surface area contributed by atoms with E-state index in [4.69, 9.17) is 11.6 Å². The van der Waals surface area contributed by atoms with Crippen LogP contribution in [-0.2, 0) is 6.18 Å². The van der Waals surface area contributed by atoms with Crippen molar-refractivity contribution < 1.29 is 18.0 Å². The molecule has 1 aliphatic rings. The van der Waals surface area contributed by atoms with Gasteiger partial charge in [-0.05, 0) is 36.8 Å². The summed E-state index contributed by atoms with van der Waals surface area (Å²) in [5.41, 5.74) is 0.695. The summed E-state index contributed by atoms with van der Waals surface area (Å²) in [5.74, 6) is 0. The molecule has 0 bridgehead atoms. The summed E-state index contributed by atoms with van der Waals surface area (Å²) in [5, 5.41) is 3.91. The summed E-state index contributed by atoms with van der Waals surface area (Å²) in [4.78, 5) is 20.8. The van der Waals surface area contributed by atoms with Crippen molar-refractivity contribution in [2.75, 3.05) is 36.4 Å². The van der Waals surface area contributed by atoms with E-state index in [0.29, 0.717) is 31.2 Å². The average Bonchev–Trinajstić information content (AvgIpc) is 3.16. The third kappa shape index (κ3) is 4.04. The molecule has 0 spiro atoms. The van der Waals surface area contributed by atoms with E-state index in [1.807, 2.05) is 19.1 Å². The van der Waals surface area contributed by atoms with Crippen molar-refractivity contribution in [1.82, 2.24) is 9.88 Å². The lowest BCUT2D eigenvalue weighted by Crippen LogP contribution is -2.50. The fourth-order valence-corrected chi connectivity index (χ4v) is 4.59. The zero-order chi connectivity index (χ0) is 21.5. The SMILES string of the molecule is Cc1c(Cl)ccc2sc(N3CCN(C(=O)Nc4ccccc4C(F)(F)F)CC3)nc12. The normalized spacial score (nSPS) is 15.0. The first-order valence-electron chi connectivity index (χ1n) is 9.27. The zero-order valence-corrected chi connectivity index (χ0v) is 17.5. The van der Waals surface area contributed by atoms with E-state index in [2.05, 4.69) is 15.2 Å². The molecule has 2 amide bonds. The number of fused-ring (bicyclic) bond motifs is 1. The Morgan fingerprint density at radius 3 is 2.53 bits per heavy atom. The predicted octanol–water partition coefficient (Wildman–Crippen LogP) is 5.63. The number of aromatic nitrogens is 1. The molecule has 3 aromatic rings. The molecule has 1 aliphatic heterocycles. The fraction of sp³-hybridized carbons (Fsp3) is 0.300. The number of urea groups is 1. The number of piperazine rings is 1. The fourth-order valence-electron chi connectivity index (χ4n) is 3.36. The number of aryl methyl sites for hydroxylation is 1. The molecule has 2 heterocycles. The Bertz CT molecular complexity index is 1090. The van der Waals surface area contributed by atoms with Gasteiger partial charge in [-0.2, -0.15) is 13.2 Å². The van der Waals surface area contributed by atoms with Gasteiger partial charge in [0.05, 0.1) is 21.5 Å². The van der Waals surface area contributed by atoms with Crippen LogP contribution in [0.15, 0.2) is 36.4 Å². The monoisotopic (exact) mass is 454 g/mol. The van der Waals surface area contributed by atoms with Crippen LogP contribution < -0.4 is 10.2 Å². The molecule has 2 aromatic carbocycles. The summed E-state index contributed by atoms with van der Waals surface area (Å²) >= 11 is 7.73. The number of nitrogens with one attached hydrogen (secondary N) is 1. The number of halogens is 4. The van der Waals surface area contributed by atoms with Gasteiger partial charge >= 0.3 is 12.2 Å². The number of rotatable bonds is 2. The summed E-state index contributed by atoms with van der Waals surface area (Å²) in [6.07, 6.45) is -4.53. The van der Waals surface area contributed by atoms with Crippen molar-refractivity contribution in [2.45, 2.75) is 13.1 Å². The Morgan fingerprint density at radius 2 is 1.83 bits per heavy atom. The summed E-state index contributed by atoms with van der Waals surface area (Å²) in [6.45, 7) is 3.78. The summed E-state index contributed by atoms with van der Waals surface area (Å²) < 4.78 is 40.4. The van der Waals surface area contributed by atoms with Gasteiger partial charge in [0, 0.05) is 31.2 Å². The summed E-state index contributed by atoms with van der Waals surface area (Å²) in [6, 6.07) is 8.21. The number of para-hydroxylation sites is 1. The minimum Gasteiger partial charge on any atom is -0.345 e. The molecule has 0 saturated carbocycles. The van der Waals surface area contributed by atoms with Gasteiger partial charge in [0.25, 0.3) is 0 Å². The Balaban J connectivity index is 1.43. The summed E-state index contributed by atoms with van der Waals surface area (Å²) in [7, 11) is 0.